The fourth-order valence-corrected chi connectivity index (χ4v) is 1.83. The third-order valence-corrected chi connectivity index (χ3v) is 3.03. The number of nitrogens with zero attached hydrogens (tertiary/aromatic N) is 2. The minimum Gasteiger partial charge on any atom is -0.353 e. The van der Waals surface area contributed by atoms with Gasteiger partial charge in [0.05, 0.1) is 5.69 Å². The van der Waals surface area contributed by atoms with Gasteiger partial charge in [-0.1, -0.05) is 0 Å². The fraction of sp³-hybridized carbons (Fsp3) is 0.0769. The molecule has 2 aromatic rings. The molecule has 17 heavy (non-hydrogen) atoms. The summed E-state index contributed by atoms with van der Waals surface area (Å²) in [6, 6.07) is 13.8. The molecule has 0 fully saturated rings. The summed E-state index contributed by atoms with van der Waals surface area (Å²) in [5.41, 5.74) is 2.08. The van der Waals surface area contributed by atoms with Crippen LogP contribution in [0.15, 0.2) is 47.5 Å². The van der Waals surface area contributed by atoms with E-state index in [2.05, 4.69) is 16.4 Å². The van der Waals surface area contributed by atoms with Crippen molar-refractivity contribution in [1.82, 2.24) is 4.98 Å². The Morgan fingerprint density at radius 1 is 1.24 bits per heavy atom. The molecule has 1 N–H and O–H groups in total. The van der Waals surface area contributed by atoms with Crippen molar-refractivity contribution >= 4 is 23.1 Å². The molecule has 0 saturated carbocycles. The molecule has 0 atom stereocenters. The average molecular weight is 241 g/mol. The highest BCUT2D eigenvalue weighted by atomic mass is 32.2. The van der Waals surface area contributed by atoms with Crippen LogP contribution in [0.3, 0.4) is 0 Å². The molecule has 0 aliphatic heterocycles. The van der Waals surface area contributed by atoms with E-state index < -0.39 is 0 Å². The predicted molar refractivity (Wildman–Crippen MR) is 70.5 cm³/mol. The van der Waals surface area contributed by atoms with E-state index in [-0.39, 0.29) is 0 Å². The zero-order valence-corrected chi connectivity index (χ0v) is 10.2. The molecule has 0 aliphatic rings. The second-order valence-corrected chi connectivity index (χ2v) is 4.24. The van der Waals surface area contributed by atoms with E-state index >= 15 is 0 Å². The van der Waals surface area contributed by atoms with Crippen LogP contribution in [0, 0.1) is 11.3 Å². The van der Waals surface area contributed by atoms with Gasteiger partial charge in [-0.3, -0.25) is 0 Å². The van der Waals surface area contributed by atoms with Gasteiger partial charge in [0.15, 0.2) is 5.69 Å². The van der Waals surface area contributed by atoms with Crippen molar-refractivity contribution in [2.75, 3.05) is 11.6 Å². The van der Waals surface area contributed by atoms with Crippen molar-refractivity contribution in [3.05, 3.63) is 48.3 Å². The second kappa shape index (κ2) is 5.37. The van der Waals surface area contributed by atoms with E-state index in [0.29, 0.717) is 5.69 Å². The summed E-state index contributed by atoms with van der Waals surface area (Å²) >= 11 is 1.70. The molecule has 1 aromatic heterocycles. The number of nitriles is 1. The van der Waals surface area contributed by atoms with Crippen molar-refractivity contribution in [1.29, 1.82) is 5.26 Å². The Bertz CT molecular complexity index is 543. The molecule has 0 saturated heterocycles. The largest absolute Gasteiger partial charge is 0.353 e. The standard InChI is InChI=1S/C13H11N3S/c1-17-11-6-4-10(5-7-11)16-12-3-2-8-15-13(12)9-14/h2-8,16H,1H3. The van der Waals surface area contributed by atoms with Gasteiger partial charge in [0.2, 0.25) is 0 Å². The Hall–Kier alpha value is -1.99. The maximum absolute atomic E-state index is 8.92. The first-order chi connectivity index (χ1) is 8.33. The lowest BCUT2D eigenvalue weighted by Gasteiger charge is -2.07. The molecule has 84 valence electrons. The van der Waals surface area contributed by atoms with E-state index in [9.17, 15) is 0 Å². The van der Waals surface area contributed by atoms with Gasteiger partial charge in [0.25, 0.3) is 0 Å². The maximum Gasteiger partial charge on any atom is 0.163 e. The summed E-state index contributed by atoms with van der Waals surface area (Å²) in [6.07, 6.45) is 3.65. The number of nitrogens with one attached hydrogen (secondary N) is 1. The number of anilines is 2. The first kappa shape index (κ1) is 11.5. The molecular weight excluding hydrogens is 230 g/mol. The van der Waals surface area contributed by atoms with Crippen molar-refractivity contribution in [3.63, 3.8) is 0 Å². The molecule has 4 heteroatoms. The minimum absolute atomic E-state index is 0.404. The summed E-state index contributed by atoms with van der Waals surface area (Å²) < 4.78 is 0. The minimum atomic E-state index is 0.404. The number of hydrogen-bond acceptors (Lipinski definition) is 4. The van der Waals surface area contributed by atoms with E-state index in [1.165, 1.54) is 4.90 Å². The van der Waals surface area contributed by atoms with Gasteiger partial charge in [0.1, 0.15) is 6.07 Å². The van der Waals surface area contributed by atoms with Crippen molar-refractivity contribution in [2.45, 2.75) is 4.90 Å². The number of hydrogen-bond donors (Lipinski definition) is 1. The van der Waals surface area contributed by atoms with Crippen LogP contribution in [-0.2, 0) is 0 Å². The molecule has 1 aromatic carbocycles. The first-order valence-corrected chi connectivity index (χ1v) is 6.32. The smallest absolute Gasteiger partial charge is 0.163 e. The van der Waals surface area contributed by atoms with Gasteiger partial charge in [-0.25, -0.2) is 4.98 Å². The van der Waals surface area contributed by atoms with Crippen LogP contribution in [-0.4, -0.2) is 11.2 Å². The molecular formula is C13H11N3S. The number of benzene rings is 1. The van der Waals surface area contributed by atoms with Gasteiger partial charge < -0.3 is 5.32 Å². The van der Waals surface area contributed by atoms with E-state index in [0.717, 1.165) is 11.4 Å². The topological polar surface area (TPSA) is 48.7 Å². The summed E-state index contributed by atoms with van der Waals surface area (Å²) in [5.74, 6) is 0. The summed E-state index contributed by atoms with van der Waals surface area (Å²) in [7, 11) is 0. The van der Waals surface area contributed by atoms with Gasteiger partial charge in [-0.2, -0.15) is 5.26 Å². The highest BCUT2D eigenvalue weighted by Gasteiger charge is 2.02. The second-order valence-electron chi connectivity index (χ2n) is 3.36. The molecule has 0 radical (unpaired) electrons. The molecule has 0 amide bonds. The van der Waals surface area contributed by atoms with Gasteiger partial charge in [-0.15, -0.1) is 11.8 Å². The highest BCUT2D eigenvalue weighted by molar-refractivity contribution is 7.98. The van der Waals surface area contributed by atoms with Crippen LogP contribution in [0.25, 0.3) is 0 Å². The van der Waals surface area contributed by atoms with E-state index in [1.807, 2.05) is 36.6 Å². The van der Waals surface area contributed by atoms with Crippen LogP contribution >= 0.6 is 11.8 Å². The van der Waals surface area contributed by atoms with Gasteiger partial charge in [-0.05, 0) is 42.7 Å². The van der Waals surface area contributed by atoms with Crippen molar-refractivity contribution < 1.29 is 0 Å². The summed E-state index contributed by atoms with van der Waals surface area (Å²) in [4.78, 5) is 5.21. The Balaban J connectivity index is 2.23. The normalized spacial score (nSPS) is 9.65. The van der Waals surface area contributed by atoms with Crippen molar-refractivity contribution in [2.24, 2.45) is 0 Å². The highest BCUT2D eigenvalue weighted by Crippen LogP contribution is 2.21. The number of pyridine rings is 1. The lowest BCUT2D eigenvalue weighted by molar-refractivity contribution is 1.26. The van der Waals surface area contributed by atoms with Crippen LogP contribution in [0.5, 0.6) is 0 Å². The van der Waals surface area contributed by atoms with E-state index in [1.54, 1.807) is 24.0 Å². The summed E-state index contributed by atoms with van der Waals surface area (Å²) in [6.45, 7) is 0. The van der Waals surface area contributed by atoms with Crippen LogP contribution in [0.2, 0.25) is 0 Å². The van der Waals surface area contributed by atoms with Crippen LogP contribution in [0.1, 0.15) is 5.69 Å². The average Bonchev–Trinajstić information content (AvgIpc) is 2.40. The first-order valence-electron chi connectivity index (χ1n) is 5.09. The summed E-state index contributed by atoms with van der Waals surface area (Å²) in [5, 5.41) is 12.1. The molecule has 2 rings (SSSR count). The zero-order chi connectivity index (χ0) is 12.1. The zero-order valence-electron chi connectivity index (χ0n) is 9.34. The Labute approximate surface area is 105 Å². The molecule has 0 unspecified atom stereocenters. The Morgan fingerprint density at radius 3 is 2.65 bits per heavy atom. The molecule has 3 nitrogen and oxygen atoms in total. The number of aromatic nitrogens is 1. The fourth-order valence-electron chi connectivity index (χ4n) is 1.43. The third-order valence-electron chi connectivity index (χ3n) is 2.28. The lowest BCUT2D eigenvalue weighted by Crippen LogP contribution is -1.95. The molecule has 0 spiro atoms. The van der Waals surface area contributed by atoms with Crippen molar-refractivity contribution in [3.8, 4) is 6.07 Å². The Kier molecular flexibility index (Phi) is 3.63. The van der Waals surface area contributed by atoms with E-state index in [4.69, 9.17) is 5.26 Å². The number of rotatable bonds is 3. The molecule has 0 bridgehead atoms. The molecule has 0 aliphatic carbocycles. The van der Waals surface area contributed by atoms with Gasteiger partial charge >= 0.3 is 0 Å². The SMILES string of the molecule is CSc1ccc(Nc2cccnc2C#N)cc1. The van der Waals surface area contributed by atoms with Crippen LogP contribution < -0.4 is 5.32 Å². The predicted octanol–water partition coefficient (Wildman–Crippen LogP) is 3.42. The quantitative estimate of drug-likeness (QED) is 0.836. The number of thioether (sulfide) groups is 1. The molecule has 1 heterocycles. The monoisotopic (exact) mass is 241 g/mol. The maximum atomic E-state index is 8.92. The van der Waals surface area contributed by atoms with Crippen LogP contribution in [0.4, 0.5) is 11.4 Å². The van der Waals surface area contributed by atoms with Gasteiger partial charge in [0, 0.05) is 16.8 Å². The Morgan fingerprint density at radius 2 is 2.00 bits per heavy atom. The lowest BCUT2D eigenvalue weighted by atomic mass is 10.2. The third kappa shape index (κ3) is 2.77.